The van der Waals surface area contributed by atoms with E-state index in [-0.39, 0.29) is 10.9 Å². The maximum absolute atomic E-state index is 12.4. The number of pyridine rings is 1. The molecule has 1 fully saturated rings. The molecule has 1 heterocycles. The number of ether oxygens (including phenoxy) is 1. The Balaban J connectivity index is 2.18. The maximum Gasteiger partial charge on any atom is 0.244 e. The van der Waals surface area contributed by atoms with Gasteiger partial charge in [0.2, 0.25) is 15.9 Å². The van der Waals surface area contributed by atoms with E-state index in [1.807, 2.05) is 13.8 Å². The lowest BCUT2D eigenvalue weighted by atomic mass is 10.2. The van der Waals surface area contributed by atoms with Crippen molar-refractivity contribution in [3.63, 3.8) is 0 Å². The van der Waals surface area contributed by atoms with E-state index in [1.54, 1.807) is 19.2 Å². The molecule has 1 aliphatic rings. The normalized spacial score (nSPS) is 17.5. The summed E-state index contributed by atoms with van der Waals surface area (Å²) in [6.45, 7) is 4.33. The molecular weight excluding hydrogens is 264 g/mol. The quantitative estimate of drug-likeness (QED) is 0.800. The van der Waals surface area contributed by atoms with Crippen LogP contribution in [-0.2, 0) is 10.0 Å². The van der Waals surface area contributed by atoms with Crippen molar-refractivity contribution >= 4 is 10.0 Å². The summed E-state index contributed by atoms with van der Waals surface area (Å²) < 4.78 is 31.5. The largest absolute Gasteiger partial charge is 0.478 e. The van der Waals surface area contributed by atoms with Crippen LogP contribution in [0.1, 0.15) is 26.7 Å². The minimum Gasteiger partial charge on any atom is -0.478 e. The van der Waals surface area contributed by atoms with Gasteiger partial charge in [0, 0.05) is 19.2 Å². The van der Waals surface area contributed by atoms with Crippen LogP contribution in [0.25, 0.3) is 0 Å². The van der Waals surface area contributed by atoms with Crippen LogP contribution in [0.15, 0.2) is 23.2 Å². The van der Waals surface area contributed by atoms with Gasteiger partial charge >= 0.3 is 0 Å². The molecule has 0 bridgehead atoms. The van der Waals surface area contributed by atoms with E-state index in [9.17, 15) is 8.42 Å². The highest BCUT2D eigenvalue weighted by atomic mass is 32.2. The number of nitrogens with zero attached hydrogens (tertiary/aromatic N) is 2. The van der Waals surface area contributed by atoms with Gasteiger partial charge in [-0.15, -0.1) is 0 Å². The zero-order chi connectivity index (χ0) is 14.0. The molecule has 1 aliphatic carbocycles. The molecule has 19 heavy (non-hydrogen) atoms. The fraction of sp³-hybridized carbons (Fsp3) is 0.615. The Bertz CT molecular complexity index is 523. The summed E-state index contributed by atoms with van der Waals surface area (Å²) in [5.41, 5.74) is 0. The second kappa shape index (κ2) is 5.46. The van der Waals surface area contributed by atoms with E-state index in [1.165, 1.54) is 10.5 Å². The molecule has 5 nitrogen and oxygen atoms in total. The molecule has 1 aromatic heterocycles. The van der Waals surface area contributed by atoms with Crippen molar-refractivity contribution in [3.05, 3.63) is 18.3 Å². The molecule has 6 heteroatoms. The average molecular weight is 284 g/mol. The molecule has 2 rings (SSSR count). The highest BCUT2D eigenvalue weighted by Gasteiger charge is 2.36. The highest BCUT2D eigenvalue weighted by molar-refractivity contribution is 7.89. The molecule has 0 saturated heterocycles. The standard InChI is InChI=1S/C13H20N2O3S/c1-4-18-13-8-7-12(9-14-13)19(16,17)15(3)10(2)11-5-6-11/h7-11H,4-6H2,1-3H3. The van der Waals surface area contributed by atoms with Crippen LogP contribution in [0.4, 0.5) is 0 Å². The maximum atomic E-state index is 12.4. The summed E-state index contributed by atoms with van der Waals surface area (Å²) in [5.74, 6) is 0.940. The summed E-state index contributed by atoms with van der Waals surface area (Å²) in [7, 11) is -1.83. The number of hydrogen-bond acceptors (Lipinski definition) is 4. The molecule has 0 aliphatic heterocycles. The summed E-state index contributed by atoms with van der Waals surface area (Å²) in [4.78, 5) is 4.22. The second-order valence-corrected chi connectivity index (χ2v) is 6.86. The molecular formula is C13H20N2O3S. The van der Waals surface area contributed by atoms with Crippen molar-refractivity contribution in [2.24, 2.45) is 5.92 Å². The predicted molar refractivity (Wildman–Crippen MR) is 72.5 cm³/mol. The predicted octanol–water partition coefficient (Wildman–Crippen LogP) is 1.90. The summed E-state index contributed by atoms with van der Waals surface area (Å²) in [6.07, 6.45) is 3.58. The summed E-state index contributed by atoms with van der Waals surface area (Å²) >= 11 is 0. The van der Waals surface area contributed by atoms with Gasteiger partial charge in [-0.1, -0.05) is 0 Å². The van der Waals surface area contributed by atoms with Crippen molar-refractivity contribution in [1.82, 2.24) is 9.29 Å². The third-order valence-electron chi connectivity index (χ3n) is 3.56. The minimum atomic E-state index is -3.46. The van der Waals surface area contributed by atoms with Crippen LogP contribution in [0.5, 0.6) is 5.88 Å². The Morgan fingerprint density at radius 2 is 2.16 bits per heavy atom. The first kappa shape index (κ1) is 14.3. The van der Waals surface area contributed by atoms with Gasteiger partial charge in [0.15, 0.2) is 0 Å². The SMILES string of the molecule is CCOc1ccc(S(=O)(=O)N(C)C(C)C2CC2)cn1. The van der Waals surface area contributed by atoms with Crippen molar-refractivity contribution < 1.29 is 13.2 Å². The zero-order valence-electron chi connectivity index (χ0n) is 11.5. The Morgan fingerprint density at radius 1 is 1.47 bits per heavy atom. The Kier molecular flexibility index (Phi) is 4.10. The van der Waals surface area contributed by atoms with Gasteiger partial charge in [-0.25, -0.2) is 13.4 Å². The fourth-order valence-electron chi connectivity index (χ4n) is 2.01. The Labute approximate surface area is 114 Å². The topological polar surface area (TPSA) is 59.5 Å². The van der Waals surface area contributed by atoms with Crippen molar-refractivity contribution in [2.75, 3.05) is 13.7 Å². The van der Waals surface area contributed by atoms with Gasteiger partial charge in [0.05, 0.1) is 12.8 Å². The molecule has 0 spiro atoms. The third kappa shape index (κ3) is 3.06. The first-order chi connectivity index (χ1) is 8.96. The summed E-state index contributed by atoms with van der Waals surface area (Å²) in [5, 5.41) is 0. The van der Waals surface area contributed by atoms with Crippen LogP contribution < -0.4 is 4.74 Å². The van der Waals surface area contributed by atoms with Gasteiger partial charge in [-0.2, -0.15) is 4.31 Å². The fourth-order valence-corrected chi connectivity index (χ4v) is 3.38. The first-order valence-corrected chi connectivity index (χ1v) is 7.97. The molecule has 0 aromatic carbocycles. The molecule has 1 aromatic rings. The Hall–Kier alpha value is -1.14. The van der Waals surface area contributed by atoms with Gasteiger partial charge in [0.1, 0.15) is 4.90 Å². The first-order valence-electron chi connectivity index (χ1n) is 6.53. The van der Waals surface area contributed by atoms with E-state index in [2.05, 4.69) is 4.98 Å². The van der Waals surface area contributed by atoms with Gasteiger partial charge in [-0.05, 0) is 38.7 Å². The molecule has 0 N–H and O–H groups in total. The van der Waals surface area contributed by atoms with Crippen LogP contribution in [0.2, 0.25) is 0 Å². The number of hydrogen-bond donors (Lipinski definition) is 0. The molecule has 1 unspecified atom stereocenters. The van der Waals surface area contributed by atoms with E-state index >= 15 is 0 Å². The van der Waals surface area contributed by atoms with Crippen LogP contribution in [0, 0.1) is 5.92 Å². The van der Waals surface area contributed by atoms with E-state index in [0.29, 0.717) is 18.4 Å². The van der Waals surface area contributed by atoms with E-state index in [0.717, 1.165) is 12.8 Å². The molecule has 0 amide bonds. The monoisotopic (exact) mass is 284 g/mol. The minimum absolute atomic E-state index is 0.0385. The van der Waals surface area contributed by atoms with Gasteiger partial charge in [-0.3, -0.25) is 0 Å². The lowest BCUT2D eigenvalue weighted by molar-refractivity contribution is 0.326. The highest BCUT2D eigenvalue weighted by Crippen LogP contribution is 2.36. The lowest BCUT2D eigenvalue weighted by Gasteiger charge is -2.24. The van der Waals surface area contributed by atoms with Gasteiger partial charge < -0.3 is 4.74 Å². The van der Waals surface area contributed by atoms with E-state index < -0.39 is 10.0 Å². The van der Waals surface area contributed by atoms with E-state index in [4.69, 9.17) is 4.74 Å². The molecule has 106 valence electrons. The van der Waals surface area contributed by atoms with Crippen LogP contribution in [0.3, 0.4) is 0 Å². The van der Waals surface area contributed by atoms with Crippen LogP contribution in [-0.4, -0.2) is 37.4 Å². The number of rotatable bonds is 6. The summed E-state index contributed by atoms with van der Waals surface area (Å²) in [6, 6.07) is 3.17. The smallest absolute Gasteiger partial charge is 0.244 e. The van der Waals surface area contributed by atoms with Crippen molar-refractivity contribution in [3.8, 4) is 5.88 Å². The van der Waals surface area contributed by atoms with Gasteiger partial charge in [0.25, 0.3) is 0 Å². The third-order valence-corrected chi connectivity index (χ3v) is 5.48. The molecule has 1 atom stereocenters. The average Bonchev–Trinajstić information content (AvgIpc) is 3.22. The number of aromatic nitrogens is 1. The second-order valence-electron chi connectivity index (χ2n) is 4.86. The molecule has 0 radical (unpaired) electrons. The lowest BCUT2D eigenvalue weighted by Crippen LogP contribution is -2.36. The molecule has 1 saturated carbocycles. The zero-order valence-corrected chi connectivity index (χ0v) is 12.4. The van der Waals surface area contributed by atoms with Crippen LogP contribution >= 0.6 is 0 Å². The van der Waals surface area contributed by atoms with Crippen molar-refractivity contribution in [2.45, 2.75) is 37.6 Å². The van der Waals surface area contributed by atoms with Crippen molar-refractivity contribution in [1.29, 1.82) is 0 Å². The Morgan fingerprint density at radius 3 is 2.63 bits per heavy atom. The number of sulfonamides is 1.